The number of carboxylic acids is 1. The van der Waals surface area contributed by atoms with Crippen LogP contribution in [0.2, 0.25) is 0 Å². The van der Waals surface area contributed by atoms with Crippen molar-refractivity contribution in [2.75, 3.05) is 0 Å². The molecule has 2 aliphatic carbocycles. The highest BCUT2D eigenvalue weighted by molar-refractivity contribution is 5.97. The minimum atomic E-state index is -0.869. The van der Waals surface area contributed by atoms with Gasteiger partial charge in [0.2, 0.25) is 0 Å². The number of hydrogen-bond acceptors (Lipinski definition) is 1. The van der Waals surface area contributed by atoms with Crippen molar-refractivity contribution in [2.24, 2.45) is 0 Å². The number of carbonyl (C=O) groups is 1. The van der Waals surface area contributed by atoms with Crippen LogP contribution < -0.4 is 0 Å². The van der Waals surface area contributed by atoms with Gasteiger partial charge in [-0.3, -0.25) is 0 Å². The summed E-state index contributed by atoms with van der Waals surface area (Å²) in [5.41, 5.74) is 4.52. The van der Waals surface area contributed by atoms with Gasteiger partial charge in [0.25, 0.3) is 0 Å². The summed E-state index contributed by atoms with van der Waals surface area (Å²) < 4.78 is 0. The third-order valence-electron chi connectivity index (χ3n) is 3.16. The van der Waals surface area contributed by atoms with Crippen molar-refractivity contribution in [2.45, 2.75) is 26.7 Å². The Hall–Kier alpha value is -1.83. The summed E-state index contributed by atoms with van der Waals surface area (Å²) in [6.07, 6.45) is 0. The van der Waals surface area contributed by atoms with E-state index in [9.17, 15) is 9.90 Å². The Morgan fingerprint density at radius 1 is 1.12 bits per heavy atom. The van der Waals surface area contributed by atoms with Gasteiger partial charge in [0.15, 0.2) is 0 Å². The molecule has 0 heterocycles. The number of aryl methyl sites for hydroxylation is 1. The molecule has 1 N–H and O–H groups in total. The van der Waals surface area contributed by atoms with Crippen LogP contribution in [0.4, 0.5) is 0 Å². The molecule has 0 radical (unpaired) electrons. The zero-order valence-corrected chi connectivity index (χ0v) is 10.3. The van der Waals surface area contributed by atoms with E-state index in [0.29, 0.717) is 11.5 Å². The van der Waals surface area contributed by atoms with Crippen LogP contribution >= 0.6 is 0 Å². The number of fused-ring (bicyclic) bond motifs is 1. The predicted molar refractivity (Wildman–Crippen MR) is 68.8 cm³/mol. The van der Waals surface area contributed by atoms with Gasteiger partial charge in [-0.25, -0.2) is 4.79 Å². The second-order valence-electron chi connectivity index (χ2n) is 4.69. The van der Waals surface area contributed by atoms with E-state index < -0.39 is 5.97 Å². The third-order valence-corrected chi connectivity index (χ3v) is 3.16. The molecule has 0 saturated heterocycles. The fourth-order valence-electron chi connectivity index (χ4n) is 2.06. The lowest BCUT2D eigenvalue weighted by atomic mass is 10.0. The molecule has 2 aliphatic rings. The molecule has 2 heteroatoms. The minimum Gasteiger partial charge on any atom is -0.478 e. The molecule has 0 unspecified atom stereocenters. The van der Waals surface area contributed by atoms with Gasteiger partial charge in [0.1, 0.15) is 0 Å². The first-order chi connectivity index (χ1) is 8.00. The molecule has 0 fully saturated rings. The second kappa shape index (κ2) is 4.21. The molecular formula is C15H16O2. The normalized spacial score (nSPS) is 11.1. The summed E-state index contributed by atoms with van der Waals surface area (Å²) in [4.78, 5) is 11.2. The maximum atomic E-state index is 11.2. The summed E-state index contributed by atoms with van der Waals surface area (Å²) in [5.74, 6) is -0.479. The van der Waals surface area contributed by atoms with Crippen LogP contribution in [-0.2, 0) is 0 Å². The quantitative estimate of drug-likeness (QED) is 0.845. The second-order valence-corrected chi connectivity index (χ2v) is 4.69. The van der Waals surface area contributed by atoms with Crippen LogP contribution in [0.1, 0.15) is 41.3 Å². The number of aromatic carboxylic acids is 1. The topological polar surface area (TPSA) is 37.3 Å². The maximum absolute atomic E-state index is 11.2. The van der Waals surface area contributed by atoms with E-state index in [1.807, 2.05) is 25.1 Å². The monoisotopic (exact) mass is 228 g/mol. The molecule has 17 heavy (non-hydrogen) atoms. The van der Waals surface area contributed by atoms with Gasteiger partial charge in [-0.05, 0) is 41.2 Å². The van der Waals surface area contributed by atoms with Crippen LogP contribution in [0.15, 0.2) is 30.3 Å². The Morgan fingerprint density at radius 3 is 2.41 bits per heavy atom. The summed E-state index contributed by atoms with van der Waals surface area (Å²) in [7, 11) is 0. The first-order valence-electron chi connectivity index (χ1n) is 5.77. The van der Waals surface area contributed by atoms with Crippen LogP contribution in [-0.4, -0.2) is 11.1 Å². The van der Waals surface area contributed by atoms with Gasteiger partial charge in [-0.2, -0.15) is 0 Å². The average molecular weight is 228 g/mol. The molecule has 0 aliphatic heterocycles. The zero-order chi connectivity index (χ0) is 12.6. The smallest absolute Gasteiger partial charge is 0.336 e. The van der Waals surface area contributed by atoms with Crippen molar-refractivity contribution in [3.05, 3.63) is 47.0 Å². The highest BCUT2D eigenvalue weighted by atomic mass is 16.4. The highest BCUT2D eigenvalue weighted by Crippen LogP contribution is 2.32. The summed E-state index contributed by atoms with van der Waals surface area (Å²) in [6.45, 7) is 6.23. The Balaban J connectivity index is 2.76. The molecule has 0 aromatic heterocycles. The summed E-state index contributed by atoms with van der Waals surface area (Å²) >= 11 is 0. The molecule has 0 aromatic rings. The van der Waals surface area contributed by atoms with Gasteiger partial charge >= 0.3 is 5.97 Å². The first-order valence-corrected chi connectivity index (χ1v) is 5.77. The molecular weight excluding hydrogens is 212 g/mol. The van der Waals surface area contributed by atoms with E-state index in [-0.39, 0.29) is 0 Å². The van der Waals surface area contributed by atoms with Crippen molar-refractivity contribution in [1.29, 1.82) is 0 Å². The zero-order valence-electron chi connectivity index (χ0n) is 10.3. The SMILES string of the molecule is Cc1ccc2c(C(=O)O)ccc(C(C)C)cc1-2. The van der Waals surface area contributed by atoms with Crippen LogP contribution in [0, 0.1) is 6.92 Å². The van der Waals surface area contributed by atoms with Gasteiger partial charge in [-0.1, -0.05) is 38.1 Å². The number of carboxylic acid groups (broad SMARTS) is 1. The van der Waals surface area contributed by atoms with Gasteiger partial charge < -0.3 is 5.11 Å². The van der Waals surface area contributed by atoms with Crippen LogP contribution in [0.25, 0.3) is 11.1 Å². The molecule has 2 nitrogen and oxygen atoms in total. The average Bonchev–Trinajstić information content (AvgIpc) is 2.51. The highest BCUT2D eigenvalue weighted by Gasteiger charge is 2.15. The van der Waals surface area contributed by atoms with Gasteiger partial charge in [-0.15, -0.1) is 0 Å². The van der Waals surface area contributed by atoms with Crippen molar-refractivity contribution < 1.29 is 9.90 Å². The summed E-state index contributed by atoms with van der Waals surface area (Å²) in [5, 5.41) is 9.23. The lowest BCUT2D eigenvalue weighted by Crippen LogP contribution is -1.96. The van der Waals surface area contributed by atoms with Crippen LogP contribution in [0.5, 0.6) is 0 Å². The van der Waals surface area contributed by atoms with Crippen molar-refractivity contribution in [1.82, 2.24) is 0 Å². The number of hydrogen-bond donors (Lipinski definition) is 1. The van der Waals surface area contributed by atoms with E-state index in [4.69, 9.17) is 0 Å². The molecule has 0 aromatic carbocycles. The van der Waals surface area contributed by atoms with Crippen molar-refractivity contribution in [3.8, 4) is 11.1 Å². The van der Waals surface area contributed by atoms with E-state index in [2.05, 4.69) is 19.9 Å². The minimum absolute atomic E-state index is 0.375. The third kappa shape index (κ3) is 2.03. The Morgan fingerprint density at radius 2 is 1.82 bits per heavy atom. The standard InChI is InChI=1S/C15H16O2/c1-9(2)11-5-7-13(15(16)17)12-6-4-10(3)14(12)8-11/h4-9H,1-3H3,(H,16,17). The Kier molecular flexibility index (Phi) is 2.88. The van der Waals surface area contributed by atoms with E-state index in [0.717, 1.165) is 22.3 Å². The molecule has 0 saturated carbocycles. The Labute approximate surface area is 101 Å². The molecule has 0 spiro atoms. The van der Waals surface area contributed by atoms with Gasteiger partial charge in [0, 0.05) is 0 Å². The molecule has 0 amide bonds. The molecule has 2 rings (SSSR count). The molecule has 88 valence electrons. The van der Waals surface area contributed by atoms with E-state index in [1.165, 1.54) is 0 Å². The predicted octanol–water partition coefficient (Wildman–Crippen LogP) is 3.92. The van der Waals surface area contributed by atoms with E-state index >= 15 is 0 Å². The van der Waals surface area contributed by atoms with Crippen LogP contribution in [0.3, 0.4) is 0 Å². The van der Waals surface area contributed by atoms with Crippen molar-refractivity contribution >= 4 is 5.97 Å². The first kappa shape index (κ1) is 11.6. The Bertz CT molecular complexity index is 541. The number of rotatable bonds is 2. The lowest BCUT2D eigenvalue weighted by Gasteiger charge is -2.03. The van der Waals surface area contributed by atoms with Crippen molar-refractivity contribution in [3.63, 3.8) is 0 Å². The molecule has 0 bridgehead atoms. The fourth-order valence-corrected chi connectivity index (χ4v) is 2.06. The molecule has 0 atom stereocenters. The largest absolute Gasteiger partial charge is 0.478 e. The fraction of sp³-hybridized carbons (Fsp3) is 0.267. The van der Waals surface area contributed by atoms with Gasteiger partial charge in [0.05, 0.1) is 5.56 Å². The van der Waals surface area contributed by atoms with E-state index in [1.54, 1.807) is 6.07 Å². The maximum Gasteiger partial charge on any atom is 0.336 e. The summed E-state index contributed by atoms with van der Waals surface area (Å²) in [6, 6.07) is 9.58. The lowest BCUT2D eigenvalue weighted by molar-refractivity contribution is 0.0698.